The summed E-state index contributed by atoms with van der Waals surface area (Å²) in [5.74, 6) is 0. The number of aromatic nitrogens is 1. The monoisotopic (exact) mass is 188 g/mol. The van der Waals surface area contributed by atoms with Gasteiger partial charge in [0.15, 0.2) is 0 Å². The van der Waals surface area contributed by atoms with E-state index >= 15 is 0 Å². The van der Waals surface area contributed by atoms with Crippen molar-refractivity contribution in [2.75, 3.05) is 7.05 Å². The second-order valence-corrected chi connectivity index (χ2v) is 2.36. The van der Waals surface area contributed by atoms with Gasteiger partial charge in [-0.1, -0.05) is 0 Å². The van der Waals surface area contributed by atoms with E-state index in [1.54, 1.807) is 0 Å². The van der Waals surface area contributed by atoms with Gasteiger partial charge in [0.25, 0.3) is 0 Å². The van der Waals surface area contributed by atoms with Gasteiger partial charge < -0.3 is 0 Å². The van der Waals surface area contributed by atoms with Crippen LogP contribution in [0.3, 0.4) is 0 Å². The molecule has 0 aliphatic rings. The van der Waals surface area contributed by atoms with Gasteiger partial charge >= 0.3 is 6.18 Å². The minimum atomic E-state index is -4.32. The second kappa shape index (κ2) is 3.55. The number of aliphatic imine (C=N–C) groups is 1. The SMILES string of the molecule is CN=Cc1ccc(C(F)(F)F)cn1. The van der Waals surface area contributed by atoms with E-state index < -0.39 is 11.7 Å². The Hall–Kier alpha value is -1.39. The molecule has 0 atom stereocenters. The van der Waals surface area contributed by atoms with Crippen LogP contribution >= 0.6 is 0 Å². The summed E-state index contributed by atoms with van der Waals surface area (Å²) < 4.78 is 36.1. The van der Waals surface area contributed by atoms with Crippen LogP contribution in [0.15, 0.2) is 23.3 Å². The van der Waals surface area contributed by atoms with Crippen LogP contribution in [-0.4, -0.2) is 18.2 Å². The molecule has 0 N–H and O–H groups in total. The van der Waals surface area contributed by atoms with Crippen LogP contribution in [0.25, 0.3) is 0 Å². The van der Waals surface area contributed by atoms with Crippen molar-refractivity contribution in [2.24, 2.45) is 4.99 Å². The first-order valence-electron chi connectivity index (χ1n) is 3.49. The summed E-state index contributed by atoms with van der Waals surface area (Å²) in [6, 6.07) is 2.25. The van der Waals surface area contributed by atoms with E-state index in [0.717, 1.165) is 12.3 Å². The third-order valence-electron chi connectivity index (χ3n) is 1.38. The highest BCUT2D eigenvalue weighted by Gasteiger charge is 2.30. The molecule has 0 unspecified atom stereocenters. The van der Waals surface area contributed by atoms with E-state index in [1.807, 2.05) is 0 Å². The molecule has 0 amide bonds. The quantitative estimate of drug-likeness (QED) is 0.620. The van der Waals surface area contributed by atoms with Gasteiger partial charge in [-0.05, 0) is 12.1 Å². The molecule has 0 radical (unpaired) electrons. The van der Waals surface area contributed by atoms with Crippen molar-refractivity contribution in [3.8, 4) is 0 Å². The maximum absolute atomic E-state index is 12.0. The Kier molecular flexibility index (Phi) is 2.65. The van der Waals surface area contributed by atoms with Crippen molar-refractivity contribution in [3.05, 3.63) is 29.6 Å². The number of halogens is 3. The Labute approximate surface area is 73.1 Å². The van der Waals surface area contributed by atoms with E-state index in [2.05, 4.69) is 9.98 Å². The lowest BCUT2D eigenvalue weighted by Crippen LogP contribution is -2.05. The fourth-order valence-electron chi connectivity index (χ4n) is 0.782. The molecule has 0 spiro atoms. The molecule has 0 aromatic carbocycles. The molecule has 1 aromatic rings. The summed E-state index contributed by atoms with van der Waals surface area (Å²) in [4.78, 5) is 7.19. The normalized spacial score (nSPS) is 12.3. The summed E-state index contributed by atoms with van der Waals surface area (Å²) in [5.41, 5.74) is -0.337. The van der Waals surface area contributed by atoms with Gasteiger partial charge in [0.1, 0.15) is 0 Å². The second-order valence-electron chi connectivity index (χ2n) is 2.36. The Morgan fingerprint density at radius 2 is 2.08 bits per heavy atom. The summed E-state index contributed by atoms with van der Waals surface area (Å²) in [7, 11) is 1.53. The number of hydrogen-bond donors (Lipinski definition) is 0. The molecule has 0 aliphatic carbocycles. The van der Waals surface area contributed by atoms with E-state index in [9.17, 15) is 13.2 Å². The average Bonchev–Trinajstić information content (AvgIpc) is 2.04. The van der Waals surface area contributed by atoms with Gasteiger partial charge in [0.2, 0.25) is 0 Å². The smallest absolute Gasteiger partial charge is 0.294 e. The van der Waals surface area contributed by atoms with Crippen LogP contribution in [0.2, 0.25) is 0 Å². The molecule has 0 fully saturated rings. The number of rotatable bonds is 1. The van der Waals surface area contributed by atoms with E-state index in [1.165, 1.54) is 19.3 Å². The molecule has 13 heavy (non-hydrogen) atoms. The van der Waals surface area contributed by atoms with E-state index in [-0.39, 0.29) is 0 Å². The summed E-state index contributed by atoms with van der Waals surface area (Å²) >= 11 is 0. The van der Waals surface area contributed by atoms with Crippen molar-refractivity contribution in [3.63, 3.8) is 0 Å². The van der Waals surface area contributed by atoms with Crippen molar-refractivity contribution in [1.29, 1.82) is 0 Å². The first kappa shape index (κ1) is 9.70. The number of hydrogen-bond acceptors (Lipinski definition) is 2. The van der Waals surface area contributed by atoms with E-state index in [0.29, 0.717) is 5.69 Å². The van der Waals surface area contributed by atoms with Crippen LogP contribution in [0.1, 0.15) is 11.3 Å². The van der Waals surface area contributed by atoms with E-state index in [4.69, 9.17) is 0 Å². The van der Waals surface area contributed by atoms with Crippen LogP contribution in [0.4, 0.5) is 13.2 Å². The topological polar surface area (TPSA) is 25.2 Å². The Bertz CT molecular complexity index is 300. The van der Waals surface area contributed by atoms with Crippen LogP contribution in [0.5, 0.6) is 0 Å². The van der Waals surface area contributed by atoms with Gasteiger partial charge in [0, 0.05) is 19.5 Å². The number of alkyl halides is 3. The van der Waals surface area contributed by atoms with Gasteiger partial charge in [-0.2, -0.15) is 13.2 Å². The van der Waals surface area contributed by atoms with Crippen LogP contribution < -0.4 is 0 Å². The molecule has 0 aliphatic heterocycles. The summed E-state index contributed by atoms with van der Waals surface area (Å²) in [6.45, 7) is 0. The van der Waals surface area contributed by atoms with Crippen molar-refractivity contribution < 1.29 is 13.2 Å². The molecule has 1 aromatic heterocycles. The van der Waals surface area contributed by atoms with Gasteiger partial charge in [-0.15, -0.1) is 0 Å². The summed E-state index contributed by atoms with van der Waals surface area (Å²) in [6.07, 6.45) is -2.15. The molecule has 0 saturated heterocycles. The zero-order valence-corrected chi connectivity index (χ0v) is 6.84. The number of pyridine rings is 1. The molecule has 70 valence electrons. The standard InChI is InChI=1S/C8H7F3N2/c1-12-5-7-3-2-6(4-13-7)8(9,10)11/h2-5H,1H3. The molecule has 0 saturated carbocycles. The largest absolute Gasteiger partial charge is 0.417 e. The predicted molar refractivity (Wildman–Crippen MR) is 42.8 cm³/mol. The van der Waals surface area contributed by atoms with Gasteiger partial charge in [0.05, 0.1) is 11.3 Å². The Balaban J connectivity index is 2.94. The lowest BCUT2D eigenvalue weighted by molar-refractivity contribution is -0.137. The molecular formula is C8H7F3N2. The number of nitrogens with zero attached hydrogens (tertiary/aromatic N) is 2. The maximum Gasteiger partial charge on any atom is 0.417 e. The maximum atomic E-state index is 12.0. The average molecular weight is 188 g/mol. The zero-order valence-electron chi connectivity index (χ0n) is 6.84. The predicted octanol–water partition coefficient (Wildman–Crippen LogP) is 2.15. The first-order chi connectivity index (χ1) is 6.04. The fourth-order valence-corrected chi connectivity index (χ4v) is 0.782. The fraction of sp³-hybridized carbons (Fsp3) is 0.250. The first-order valence-corrected chi connectivity index (χ1v) is 3.49. The molecular weight excluding hydrogens is 181 g/mol. The Morgan fingerprint density at radius 1 is 1.38 bits per heavy atom. The highest BCUT2D eigenvalue weighted by Crippen LogP contribution is 2.28. The molecule has 5 heteroatoms. The molecule has 2 nitrogen and oxygen atoms in total. The lowest BCUT2D eigenvalue weighted by atomic mass is 10.2. The highest BCUT2D eigenvalue weighted by molar-refractivity contribution is 5.76. The third kappa shape index (κ3) is 2.54. The summed E-state index contributed by atoms with van der Waals surface area (Å²) in [5, 5.41) is 0. The van der Waals surface area contributed by atoms with Crippen LogP contribution in [0, 0.1) is 0 Å². The minimum absolute atomic E-state index is 0.413. The molecule has 0 bridgehead atoms. The van der Waals surface area contributed by atoms with Crippen LogP contribution in [-0.2, 0) is 6.18 Å². The third-order valence-corrected chi connectivity index (χ3v) is 1.38. The Morgan fingerprint density at radius 3 is 2.46 bits per heavy atom. The van der Waals surface area contributed by atoms with Crippen molar-refractivity contribution in [2.45, 2.75) is 6.18 Å². The van der Waals surface area contributed by atoms with Crippen molar-refractivity contribution in [1.82, 2.24) is 4.98 Å². The van der Waals surface area contributed by atoms with Gasteiger partial charge in [-0.25, -0.2) is 0 Å². The van der Waals surface area contributed by atoms with Gasteiger partial charge in [-0.3, -0.25) is 9.98 Å². The minimum Gasteiger partial charge on any atom is -0.294 e. The van der Waals surface area contributed by atoms with Crippen molar-refractivity contribution >= 4 is 6.21 Å². The molecule has 1 heterocycles. The highest BCUT2D eigenvalue weighted by atomic mass is 19.4. The lowest BCUT2D eigenvalue weighted by Gasteiger charge is -2.04. The molecule has 1 rings (SSSR count). The zero-order chi connectivity index (χ0) is 9.90.